The van der Waals surface area contributed by atoms with Gasteiger partial charge in [-0.2, -0.15) is 13.2 Å². The molecule has 0 aliphatic heterocycles. The van der Waals surface area contributed by atoms with Crippen LogP contribution in [0.2, 0.25) is 0 Å². The van der Waals surface area contributed by atoms with E-state index in [9.17, 15) is 31.2 Å². The molecule has 7 nitrogen and oxygen atoms in total. The van der Waals surface area contributed by atoms with Crippen LogP contribution in [0.1, 0.15) is 49.4 Å². The zero-order valence-corrected chi connectivity index (χ0v) is 25.1. The summed E-state index contributed by atoms with van der Waals surface area (Å²) < 4.78 is 69.1. The number of alkyl halides is 3. The lowest BCUT2D eigenvalue weighted by Gasteiger charge is -2.32. The molecule has 0 fully saturated rings. The fourth-order valence-electron chi connectivity index (χ4n) is 4.14. The Morgan fingerprint density at radius 1 is 0.905 bits per heavy atom. The van der Waals surface area contributed by atoms with Crippen LogP contribution in [0.4, 0.5) is 18.9 Å². The van der Waals surface area contributed by atoms with E-state index in [1.165, 1.54) is 30.0 Å². The first-order chi connectivity index (χ1) is 19.6. The number of sulfonamides is 1. The molecule has 3 rings (SSSR count). The van der Waals surface area contributed by atoms with E-state index in [0.29, 0.717) is 22.4 Å². The van der Waals surface area contributed by atoms with Crippen molar-refractivity contribution in [2.75, 3.05) is 10.8 Å². The second-order valence-electron chi connectivity index (χ2n) is 10.4. The molecule has 0 saturated heterocycles. The average Bonchev–Trinajstić information content (AvgIpc) is 2.94. The molecule has 0 heterocycles. The molecule has 0 spiro atoms. The molecule has 11 heteroatoms. The Balaban J connectivity index is 2.08. The number of carbonyl (C=O) groups is 2. The van der Waals surface area contributed by atoms with Crippen LogP contribution < -0.4 is 9.62 Å². The van der Waals surface area contributed by atoms with Gasteiger partial charge in [-0.15, -0.1) is 0 Å². The summed E-state index contributed by atoms with van der Waals surface area (Å²) in [6, 6.07) is 15.7. The molecular formula is C31H36F3N3O4S. The van der Waals surface area contributed by atoms with Crippen LogP contribution in [0.15, 0.2) is 77.7 Å². The number of hydrogen-bond donors (Lipinski definition) is 1. The highest BCUT2D eigenvalue weighted by Crippen LogP contribution is 2.33. The van der Waals surface area contributed by atoms with Gasteiger partial charge in [0.15, 0.2) is 0 Å². The molecule has 0 saturated carbocycles. The van der Waals surface area contributed by atoms with Gasteiger partial charge in [0.05, 0.1) is 16.1 Å². The summed E-state index contributed by atoms with van der Waals surface area (Å²) in [5, 5.41) is 2.84. The van der Waals surface area contributed by atoms with E-state index in [-0.39, 0.29) is 23.2 Å². The van der Waals surface area contributed by atoms with E-state index in [4.69, 9.17) is 0 Å². The van der Waals surface area contributed by atoms with Crippen LogP contribution in [0, 0.1) is 13.8 Å². The highest BCUT2D eigenvalue weighted by atomic mass is 32.2. The summed E-state index contributed by atoms with van der Waals surface area (Å²) >= 11 is 0. The van der Waals surface area contributed by atoms with Gasteiger partial charge < -0.3 is 10.2 Å². The molecule has 0 aromatic heterocycles. The maximum Gasteiger partial charge on any atom is 0.416 e. The van der Waals surface area contributed by atoms with Crippen LogP contribution >= 0.6 is 0 Å². The summed E-state index contributed by atoms with van der Waals surface area (Å²) in [5.41, 5.74) is 1.07. The molecular weight excluding hydrogens is 567 g/mol. The lowest BCUT2D eigenvalue weighted by molar-refractivity contribution is -0.139. The fourth-order valence-corrected chi connectivity index (χ4v) is 5.55. The fraction of sp³-hybridized carbons (Fsp3) is 0.355. The molecule has 3 aromatic rings. The van der Waals surface area contributed by atoms with Crippen LogP contribution in [0.5, 0.6) is 0 Å². The average molecular weight is 604 g/mol. The number of anilines is 1. The SMILES string of the molecule is CCC(C)NC(=O)C(C)N(Cc1ccc(C)cc1)C(=O)CN(c1cccc(C(F)(F)F)c1)S(=O)(=O)c1ccc(C)cc1. The first kappa shape index (κ1) is 32.7. The molecule has 0 aliphatic carbocycles. The topological polar surface area (TPSA) is 86.8 Å². The van der Waals surface area contributed by atoms with E-state index < -0.39 is 46.2 Å². The van der Waals surface area contributed by atoms with E-state index in [1.54, 1.807) is 31.2 Å². The zero-order valence-electron chi connectivity index (χ0n) is 24.3. The Hall–Kier alpha value is -3.86. The van der Waals surface area contributed by atoms with Crippen molar-refractivity contribution in [3.63, 3.8) is 0 Å². The second kappa shape index (κ2) is 13.4. The predicted molar refractivity (Wildman–Crippen MR) is 156 cm³/mol. The molecule has 1 N–H and O–H groups in total. The Labute approximate surface area is 245 Å². The van der Waals surface area contributed by atoms with E-state index in [0.717, 1.165) is 23.3 Å². The maximum atomic E-state index is 13.9. The third-order valence-corrected chi connectivity index (χ3v) is 8.78. The van der Waals surface area contributed by atoms with E-state index in [2.05, 4.69) is 5.32 Å². The molecule has 226 valence electrons. The van der Waals surface area contributed by atoms with Crippen LogP contribution in [-0.4, -0.2) is 43.8 Å². The third-order valence-electron chi connectivity index (χ3n) is 6.99. The second-order valence-corrected chi connectivity index (χ2v) is 12.2. The number of carbonyl (C=O) groups excluding carboxylic acids is 2. The number of benzene rings is 3. The van der Waals surface area contributed by atoms with Crippen molar-refractivity contribution < 1.29 is 31.2 Å². The van der Waals surface area contributed by atoms with Crippen molar-refractivity contribution in [2.45, 2.75) is 70.7 Å². The predicted octanol–water partition coefficient (Wildman–Crippen LogP) is 5.85. The number of rotatable bonds is 11. The summed E-state index contributed by atoms with van der Waals surface area (Å²) in [7, 11) is -4.49. The van der Waals surface area contributed by atoms with Crippen LogP contribution in [-0.2, 0) is 32.3 Å². The van der Waals surface area contributed by atoms with Gasteiger partial charge in [-0.05, 0) is 70.0 Å². The highest BCUT2D eigenvalue weighted by Gasteiger charge is 2.35. The van der Waals surface area contributed by atoms with Gasteiger partial charge in [0, 0.05) is 12.6 Å². The Morgan fingerprint density at radius 3 is 2.02 bits per heavy atom. The minimum Gasteiger partial charge on any atom is -0.352 e. The number of amides is 2. The monoisotopic (exact) mass is 603 g/mol. The minimum atomic E-state index is -4.74. The normalized spacial score (nSPS) is 13.2. The first-order valence-electron chi connectivity index (χ1n) is 13.6. The lowest BCUT2D eigenvalue weighted by Crippen LogP contribution is -2.52. The molecule has 0 bridgehead atoms. The Morgan fingerprint density at radius 2 is 1.48 bits per heavy atom. The number of nitrogens with one attached hydrogen (secondary N) is 1. The van der Waals surface area contributed by atoms with Crippen molar-refractivity contribution in [3.05, 3.63) is 95.1 Å². The molecule has 0 aliphatic rings. The van der Waals surface area contributed by atoms with Gasteiger partial charge in [-0.3, -0.25) is 13.9 Å². The minimum absolute atomic E-state index is 0.0186. The molecule has 0 radical (unpaired) electrons. The summed E-state index contributed by atoms with van der Waals surface area (Å²) in [4.78, 5) is 28.1. The number of hydrogen-bond acceptors (Lipinski definition) is 4. The van der Waals surface area contributed by atoms with Crippen LogP contribution in [0.25, 0.3) is 0 Å². The third kappa shape index (κ3) is 8.12. The number of nitrogens with zero attached hydrogens (tertiary/aromatic N) is 2. The van der Waals surface area contributed by atoms with Crippen molar-refractivity contribution in [2.24, 2.45) is 0 Å². The molecule has 2 atom stereocenters. The first-order valence-corrected chi connectivity index (χ1v) is 15.0. The summed E-state index contributed by atoms with van der Waals surface area (Å²) in [6.45, 7) is 8.07. The number of halogens is 3. The molecule has 2 unspecified atom stereocenters. The molecule has 2 amide bonds. The van der Waals surface area contributed by atoms with Crippen LogP contribution in [0.3, 0.4) is 0 Å². The maximum absolute atomic E-state index is 13.9. The van der Waals surface area contributed by atoms with Crippen molar-refractivity contribution in [1.29, 1.82) is 0 Å². The smallest absolute Gasteiger partial charge is 0.352 e. The molecule has 3 aromatic carbocycles. The standard InChI is InChI=1S/C31H36F3N3O4S/c1-6-23(4)35-30(39)24(5)36(19-25-14-10-21(2)11-15-25)29(38)20-37(27-9-7-8-26(18-27)31(32,33)34)42(40,41)28-16-12-22(3)13-17-28/h7-18,23-24H,6,19-20H2,1-5H3,(H,35,39). The Bertz CT molecular complexity index is 1490. The number of aryl methyl sites for hydroxylation is 2. The van der Waals surface area contributed by atoms with Gasteiger partial charge in [0.25, 0.3) is 10.0 Å². The summed E-state index contributed by atoms with van der Waals surface area (Å²) in [5.74, 6) is -1.19. The van der Waals surface area contributed by atoms with Gasteiger partial charge in [0.2, 0.25) is 11.8 Å². The van der Waals surface area contributed by atoms with Crippen molar-refractivity contribution in [1.82, 2.24) is 10.2 Å². The highest BCUT2D eigenvalue weighted by molar-refractivity contribution is 7.92. The summed E-state index contributed by atoms with van der Waals surface area (Å²) in [6.07, 6.45) is -4.08. The zero-order chi connectivity index (χ0) is 31.2. The van der Waals surface area contributed by atoms with Crippen molar-refractivity contribution >= 4 is 27.5 Å². The van der Waals surface area contributed by atoms with Gasteiger partial charge in [-0.25, -0.2) is 8.42 Å². The van der Waals surface area contributed by atoms with Gasteiger partial charge in [-0.1, -0.05) is 60.5 Å². The Kier molecular flexibility index (Phi) is 10.4. The van der Waals surface area contributed by atoms with Crippen molar-refractivity contribution in [3.8, 4) is 0 Å². The molecule has 42 heavy (non-hydrogen) atoms. The van der Waals surface area contributed by atoms with Gasteiger partial charge >= 0.3 is 6.18 Å². The van der Waals surface area contributed by atoms with E-state index >= 15 is 0 Å². The lowest BCUT2D eigenvalue weighted by atomic mass is 10.1. The van der Waals surface area contributed by atoms with Gasteiger partial charge in [0.1, 0.15) is 12.6 Å². The van der Waals surface area contributed by atoms with E-state index in [1.807, 2.05) is 32.9 Å². The quantitative estimate of drug-likeness (QED) is 0.298. The largest absolute Gasteiger partial charge is 0.416 e.